The second kappa shape index (κ2) is 5.59. The molecule has 1 aliphatic rings. The summed E-state index contributed by atoms with van der Waals surface area (Å²) in [6, 6.07) is 15.2. The van der Waals surface area contributed by atoms with Crippen molar-refractivity contribution < 1.29 is 5.11 Å². The molecular weight excluding hydrogens is 312 g/mol. The molecule has 0 spiro atoms. The molecule has 3 aromatic rings. The average Bonchev–Trinajstić information content (AvgIpc) is 3.05. The molecule has 2 aromatic carbocycles. The van der Waals surface area contributed by atoms with E-state index in [0.29, 0.717) is 11.0 Å². The minimum absolute atomic E-state index is 0.0540. The van der Waals surface area contributed by atoms with Crippen molar-refractivity contribution in [1.29, 1.82) is 0 Å². The summed E-state index contributed by atoms with van der Waals surface area (Å²) >= 11 is 6.10. The van der Waals surface area contributed by atoms with E-state index < -0.39 is 0 Å². The van der Waals surface area contributed by atoms with E-state index in [4.69, 9.17) is 11.6 Å². The van der Waals surface area contributed by atoms with E-state index in [1.807, 2.05) is 22.9 Å². The molecule has 0 amide bonds. The van der Waals surface area contributed by atoms with Crippen molar-refractivity contribution in [3.8, 4) is 5.75 Å². The highest BCUT2D eigenvalue weighted by atomic mass is 35.5. The quantitative estimate of drug-likeness (QED) is 0.752. The number of hydrogen-bond acceptors (Lipinski definition) is 4. The van der Waals surface area contributed by atoms with E-state index in [1.165, 1.54) is 0 Å². The van der Waals surface area contributed by atoms with Gasteiger partial charge in [0.1, 0.15) is 12.1 Å². The average molecular weight is 327 g/mol. The first kappa shape index (κ1) is 14.1. The van der Waals surface area contributed by atoms with Gasteiger partial charge in [-0.05, 0) is 30.2 Å². The van der Waals surface area contributed by atoms with E-state index in [2.05, 4.69) is 27.5 Å². The summed E-state index contributed by atoms with van der Waals surface area (Å²) in [5.74, 6) is 0.918. The minimum atomic E-state index is -0.0874. The number of halogens is 1. The van der Waals surface area contributed by atoms with Gasteiger partial charge in [0.05, 0.1) is 12.1 Å². The first-order valence-electron chi connectivity index (χ1n) is 7.42. The Morgan fingerprint density at radius 1 is 1.17 bits per heavy atom. The van der Waals surface area contributed by atoms with Crippen LogP contribution >= 0.6 is 11.6 Å². The topological polar surface area (TPSA) is 63.0 Å². The lowest BCUT2D eigenvalue weighted by atomic mass is 9.93. The molecule has 1 aliphatic heterocycles. The van der Waals surface area contributed by atoms with E-state index in [1.54, 1.807) is 24.5 Å². The summed E-state index contributed by atoms with van der Waals surface area (Å²) < 4.78 is 1.88. The summed E-state index contributed by atoms with van der Waals surface area (Å²) in [6.07, 6.45) is 2.28. The van der Waals surface area contributed by atoms with Crippen molar-refractivity contribution in [3.05, 3.63) is 71.0 Å². The van der Waals surface area contributed by atoms with Crippen molar-refractivity contribution in [3.63, 3.8) is 0 Å². The Bertz CT molecular complexity index is 834. The molecule has 5 nitrogen and oxygen atoms in total. The minimum Gasteiger partial charge on any atom is -0.508 e. The van der Waals surface area contributed by atoms with Crippen molar-refractivity contribution in [2.75, 3.05) is 5.32 Å². The highest BCUT2D eigenvalue weighted by molar-refractivity contribution is 6.30. The number of hydrogen-bond donors (Lipinski definition) is 2. The Labute approximate surface area is 138 Å². The first-order valence-corrected chi connectivity index (χ1v) is 7.79. The standard InChI is InChI=1S/C17H15ClN4O/c18-12-6-7-16(23)13(8-12)14-9-15(11-4-2-1-3-5-11)22-17(21-14)19-10-20-22/h1-8,10,14-15,23H,9H2,(H,19,20,21). The van der Waals surface area contributed by atoms with E-state index >= 15 is 0 Å². The number of aromatic hydroxyl groups is 1. The molecule has 6 heteroatoms. The van der Waals surface area contributed by atoms with Crippen LogP contribution in [0.1, 0.15) is 29.6 Å². The van der Waals surface area contributed by atoms with Crippen LogP contribution in [0.5, 0.6) is 5.75 Å². The largest absolute Gasteiger partial charge is 0.508 e. The van der Waals surface area contributed by atoms with Gasteiger partial charge in [-0.2, -0.15) is 10.1 Å². The zero-order chi connectivity index (χ0) is 15.8. The van der Waals surface area contributed by atoms with Gasteiger partial charge in [0, 0.05) is 10.6 Å². The van der Waals surface area contributed by atoms with Gasteiger partial charge in [-0.1, -0.05) is 41.9 Å². The van der Waals surface area contributed by atoms with Crippen molar-refractivity contribution in [2.24, 2.45) is 0 Å². The molecule has 23 heavy (non-hydrogen) atoms. The number of benzene rings is 2. The third-order valence-corrected chi connectivity index (χ3v) is 4.42. The van der Waals surface area contributed by atoms with Gasteiger partial charge in [0.2, 0.25) is 5.95 Å². The molecule has 116 valence electrons. The smallest absolute Gasteiger partial charge is 0.222 e. The molecule has 0 fully saturated rings. The van der Waals surface area contributed by atoms with Crippen LogP contribution in [0, 0.1) is 0 Å². The Hall–Kier alpha value is -2.53. The van der Waals surface area contributed by atoms with Crippen LogP contribution in [-0.4, -0.2) is 19.9 Å². The molecular formula is C17H15ClN4O. The van der Waals surface area contributed by atoms with Crippen LogP contribution < -0.4 is 5.32 Å². The molecule has 2 heterocycles. The first-order chi connectivity index (χ1) is 11.2. The zero-order valence-electron chi connectivity index (χ0n) is 12.2. The van der Waals surface area contributed by atoms with Crippen LogP contribution in [0.15, 0.2) is 54.9 Å². The molecule has 0 saturated carbocycles. The number of phenolic OH excluding ortho intramolecular Hbond substituents is 1. The lowest BCUT2D eigenvalue weighted by Gasteiger charge is -2.32. The number of aromatic nitrogens is 3. The van der Waals surface area contributed by atoms with Crippen LogP contribution in [0.25, 0.3) is 0 Å². The zero-order valence-corrected chi connectivity index (χ0v) is 13.0. The maximum absolute atomic E-state index is 10.2. The summed E-state index contributed by atoms with van der Waals surface area (Å²) in [5, 5.41) is 18.5. The van der Waals surface area contributed by atoms with Gasteiger partial charge in [0.25, 0.3) is 0 Å². The molecule has 0 aliphatic carbocycles. The molecule has 2 N–H and O–H groups in total. The molecule has 2 unspecified atom stereocenters. The Morgan fingerprint density at radius 2 is 2.00 bits per heavy atom. The van der Waals surface area contributed by atoms with Gasteiger partial charge in [-0.25, -0.2) is 4.68 Å². The summed E-state index contributed by atoms with van der Waals surface area (Å²) in [5.41, 5.74) is 1.93. The Kier molecular flexibility index (Phi) is 3.42. The van der Waals surface area contributed by atoms with Gasteiger partial charge < -0.3 is 10.4 Å². The number of phenols is 1. The maximum Gasteiger partial charge on any atom is 0.222 e. The lowest BCUT2D eigenvalue weighted by Crippen LogP contribution is -2.28. The maximum atomic E-state index is 10.2. The third-order valence-electron chi connectivity index (χ3n) is 4.18. The highest BCUT2D eigenvalue weighted by Crippen LogP contribution is 2.40. The summed E-state index contributed by atoms with van der Waals surface area (Å²) in [6.45, 7) is 0. The monoisotopic (exact) mass is 326 g/mol. The Balaban J connectivity index is 1.77. The van der Waals surface area contributed by atoms with E-state index in [9.17, 15) is 5.11 Å². The van der Waals surface area contributed by atoms with Gasteiger partial charge in [-0.3, -0.25) is 0 Å². The molecule has 0 bridgehead atoms. The van der Waals surface area contributed by atoms with Crippen molar-refractivity contribution in [1.82, 2.24) is 14.8 Å². The predicted octanol–water partition coefficient (Wildman–Crippen LogP) is 3.78. The van der Waals surface area contributed by atoms with Crippen molar-refractivity contribution >= 4 is 17.5 Å². The highest BCUT2D eigenvalue weighted by Gasteiger charge is 2.31. The predicted molar refractivity (Wildman–Crippen MR) is 88.7 cm³/mol. The Morgan fingerprint density at radius 3 is 2.83 bits per heavy atom. The number of nitrogens with one attached hydrogen (secondary N) is 1. The number of fused-ring (bicyclic) bond motifs is 1. The SMILES string of the molecule is Oc1ccc(Cl)cc1C1CC(c2ccccc2)n2ncnc2N1. The fraction of sp³-hybridized carbons (Fsp3) is 0.176. The summed E-state index contributed by atoms with van der Waals surface area (Å²) in [4.78, 5) is 4.29. The fourth-order valence-corrected chi connectivity index (χ4v) is 3.26. The van der Waals surface area contributed by atoms with Crippen LogP contribution in [0.2, 0.25) is 5.02 Å². The van der Waals surface area contributed by atoms with Gasteiger partial charge in [0.15, 0.2) is 0 Å². The van der Waals surface area contributed by atoms with Crippen LogP contribution in [0.3, 0.4) is 0 Å². The second-order valence-corrected chi connectivity index (χ2v) is 6.03. The fourth-order valence-electron chi connectivity index (χ4n) is 3.08. The molecule has 0 radical (unpaired) electrons. The normalized spacial score (nSPS) is 19.9. The molecule has 0 saturated heterocycles. The molecule has 1 aromatic heterocycles. The van der Waals surface area contributed by atoms with Crippen LogP contribution in [-0.2, 0) is 0 Å². The van der Waals surface area contributed by atoms with Gasteiger partial charge in [-0.15, -0.1) is 0 Å². The van der Waals surface area contributed by atoms with E-state index in [-0.39, 0.29) is 17.8 Å². The van der Waals surface area contributed by atoms with E-state index in [0.717, 1.165) is 17.5 Å². The lowest BCUT2D eigenvalue weighted by molar-refractivity contribution is 0.414. The molecule has 2 atom stereocenters. The van der Waals surface area contributed by atoms with Gasteiger partial charge >= 0.3 is 0 Å². The third kappa shape index (κ3) is 2.53. The van der Waals surface area contributed by atoms with Crippen LogP contribution in [0.4, 0.5) is 5.95 Å². The summed E-state index contributed by atoms with van der Waals surface area (Å²) in [7, 11) is 0. The number of nitrogens with zero attached hydrogens (tertiary/aromatic N) is 3. The second-order valence-electron chi connectivity index (χ2n) is 5.59. The number of rotatable bonds is 2. The van der Waals surface area contributed by atoms with Crippen molar-refractivity contribution in [2.45, 2.75) is 18.5 Å². The molecule has 4 rings (SSSR count). The number of anilines is 1.